The van der Waals surface area contributed by atoms with Crippen molar-refractivity contribution in [2.75, 3.05) is 13.7 Å². The number of methoxy groups -OCH3 is 1. The predicted molar refractivity (Wildman–Crippen MR) is 167 cm³/mol. The first-order chi connectivity index (χ1) is 22.3. The first kappa shape index (κ1) is 34.8. The molecule has 2 aliphatic rings. The molecule has 1 aliphatic heterocycles. The van der Waals surface area contributed by atoms with Gasteiger partial charge in [0.15, 0.2) is 0 Å². The van der Waals surface area contributed by atoms with E-state index in [4.69, 9.17) is 9.47 Å². The van der Waals surface area contributed by atoms with Gasteiger partial charge in [-0.3, -0.25) is 4.90 Å². The van der Waals surface area contributed by atoms with Crippen LogP contribution in [0.5, 0.6) is 5.75 Å². The second-order valence-electron chi connectivity index (χ2n) is 13.2. The fourth-order valence-electron chi connectivity index (χ4n) is 6.63. The molecule has 0 spiro atoms. The summed E-state index contributed by atoms with van der Waals surface area (Å²) < 4.78 is 92.8. The molecule has 0 aromatic heterocycles. The Hall–Kier alpha value is -4.48. The molecular weight excluding hydrogens is 640 g/mol. The normalized spacial score (nSPS) is 19.8. The summed E-state index contributed by atoms with van der Waals surface area (Å²) in [7, 11) is 1.53. The summed E-state index contributed by atoms with van der Waals surface area (Å²) in [5, 5.41) is 9.40. The van der Waals surface area contributed by atoms with Gasteiger partial charge in [0.1, 0.15) is 11.9 Å². The number of alkyl halides is 6. The van der Waals surface area contributed by atoms with Crippen molar-refractivity contribution in [3.05, 3.63) is 93.6 Å². The molecule has 0 radical (unpaired) electrons. The van der Waals surface area contributed by atoms with Gasteiger partial charge in [0.25, 0.3) is 0 Å². The quantitative estimate of drug-likeness (QED) is 0.252. The number of nitrogens with zero attached hydrogens (tertiary/aromatic N) is 1. The monoisotopic (exact) mass is 675 g/mol. The van der Waals surface area contributed by atoms with Crippen molar-refractivity contribution in [2.24, 2.45) is 5.41 Å². The summed E-state index contributed by atoms with van der Waals surface area (Å²) in [4.78, 5) is 26.1. The fraction of sp³-hybridized carbons (Fsp3) is 0.389. The Morgan fingerprint density at radius 2 is 1.62 bits per heavy atom. The van der Waals surface area contributed by atoms with Crippen molar-refractivity contribution in [1.82, 2.24) is 4.90 Å². The van der Waals surface area contributed by atoms with Crippen LogP contribution in [0.4, 0.5) is 31.1 Å². The average molecular weight is 676 g/mol. The predicted octanol–water partition coefficient (Wildman–Crippen LogP) is 9.95. The molecule has 3 aromatic rings. The molecule has 1 amide bonds. The molecule has 2 atom stereocenters. The van der Waals surface area contributed by atoms with Gasteiger partial charge in [0.2, 0.25) is 0 Å². The Morgan fingerprint density at radius 3 is 2.19 bits per heavy atom. The van der Waals surface area contributed by atoms with Crippen molar-refractivity contribution in [2.45, 2.75) is 71.5 Å². The SMILES string of the molecule is COc1ccc(-c2ccc(C(=O)O)cc2C)cc1C1=C(CN2C(=O)O[C@@H](c3cc(C(F)(F)F)cc(C(F)(F)F)c3)[C@@H]2C)CC(C)(C)CC1. The van der Waals surface area contributed by atoms with E-state index in [-0.39, 0.29) is 23.6 Å². The van der Waals surface area contributed by atoms with Gasteiger partial charge in [-0.05, 0) is 114 Å². The van der Waals surface area contributed by atoms with Crippen LogP contribution < -0.4 is 4.74 Å². The molecule has 48 heavy (non-hydrogen) atoms. The van der Waals surface area contributed by atoms with Gasteiger partial charge >= 0.3 is 24.4 Å². The molecule has 1 N–H and O–H groups in total. The summed E-state index contributed by atoms with van der Waals surface area (Å²) in [5.41, 5.74) is 1.59. The maximum Gasteiger partial charge on any atom is 0.416 e. The Kier molecular flexibility index (Phi) is 9.09. The number of hydrogen-bond acceptors (Lipinski definition) is 4. The van der Waals surface area contributed by atoms with Gasteiger partial charge < -0.3 is 14.6 Å². The summed E-state index contributed by atoms with van der Waals surface area (Å²) >= 11 is 0. The highest BCUT2D eigenvalue weighted by Crippen LogP contribution is 2.47. The average Bonchev–Trinajstić information content (AvgIpc) is 3.27. The number of aryl methyl sites for hydroxylation is 1. The Balaban J connectivity index is 1.55. The van der Waals surface area contributed by atoms with Gasteiger partial charge in [0, 0.05) is 12.1 Å². The molecule has 0 unspecified atom stereocenters. The van der Waals surface area contributed by atoms with Crippen molar-refractivity contribution < 1.29 is 50.5 Å². The maximum atomic E-state index is 13.6. The largest absolute Gasteiger partial charge is 0.496 e. The molecule has 12 heteroatoms. The first-order valence-electron chi connectivity index (χ1n) is 15.3. The smallest absolute Gasteiger partial charge is 0.416 e. The number of benzene rings is 3. The Morgan fingerprint density at radius 1 is 0.979 bits per heavy atom. The summed E-state index contributed by atoms with van der Waals surface area (Å²) in [5.74, 6) is -0.463. The number of allylic oxidation sites excluding steroid dienone is 1. The van der Waals surface area contributed by atoms with Crippen LogP contribution in [0.25, 0.3) is 16.7 Å². The number of carboxylic acids is 1. The van der Waals surface area contributed by atoms with Gasteiger partial charge in [-0.25, -0.2) is 9.59 Å². The van der Waals surface area contributed by atoms with Crippen LogP contribution in [-0.4, -0.2) is 41.8 Å². The van der Waals surface area contributed by atoms with Crippen LogP contribution in [0.2, 0.25) is 0 Å². The highest BCUT2D eigenvalue weighted by atomic mass is 19.4. The number of aromatic carboxylic acids is 1. The number of rotatable bonds is 7. The minimum absolute atomic E-state index is 0.0417. The van der Waals surface area contributed by atoms with Crippen LogP contribution in [0.1, 0.15) is 84.3 Å². The first-order valence-corrected chi connectivity index (χ1v) is 15.3. The van der Waals surface area contributed by atoms with E-state index < -0.39 is 53.3 Å². The van der Waals surface area contributed by atoms with Crippen LogP contribution in [0, 0.1) is 12.3 Å². The lowest BCUT2D eigenvalue weighted by atomic mass is 9.72. The van der Waals surface area contributed by atoms with E-state index in [1.807, 2.05) is 25.1 Å². The number of carboxylic acid groups (broad SMARTS) is 1. The van der Waals surface area contributed by atoms with E-state index in [0.717, 1.165) is 39.8 Å². The molecule has 0 bridgehead atoms. The van der Waals surface area contributed by atoms with Gasteiger partial charge in [-0.2, -0.15) is 26.3 Å². The molecule has 1 saturated heterocycles. The van der Waals surface area contributed by atoms with Crippen LogP contribution in [-0.2, 0) is 17.1 Å². The molecule has 256 valence electrons. The molecule has 6 nitrogen and oxygen atoms in total. The van der Waals surface area contributed by atoms with Gasteiger partial charge in [-0.15, -0.1) is 0 Å². The third kappa shape index (κ3) is 7.02. The summed E-state index contributed by atoms with van der Waals surface area (Å²) in [6, 6.07) is 10.9. The standard InChI is InChI=1S/C36H35F6NO5/c1-19-12-22(32(44)45)6-8-27(19)21-7-9-30(47-5)29(15-21)28-10-11-34(3,4)17-24(28)18-43-20(2)31(48-33(43)46)23-13-25(35(37,38)39)16-26(14-23)36(40,41)42/h6-9,12-16,20,31H,10-11,17-18H2,1-5H3,(H,44,45)/t20-,31+/m0/s1. The molecule has 1 aliphatic carbocycles. The Bertz CT molecular complexity index is 1760. The van der Waals surface area contributed by atoms with Crippen molar-refractivity contribution in [3.8, 4) is 16.9 Å². The lowest BCUT2D eigenvalue weighted by Crippen LogP contribution is -2.35. The topological polar surface area (TPSA) is 76.1 Å². The summed E-state index contributed by atoms with van der Waals surface area (Å²) in [6.07, 6.45) is -10.3. The van der Waals surface area contributed by atoms with E-state index in [9.17, 15) is 41.0 Å². The number of amides is 1. The van der Waals surface area contributed by atoms with E-state index >= 15 is 0 Å². The van der Waals surface area contributed by atoms with Crippen molar-refractivity contribution >= 4 is 17.6 Å². The van der Waals surface area contributed by atoms with Crippen molar-refractivity contribution in [3.63, 3.8) is 0 Å². The van der Waals surface area contributed by atoms with Crippen LogP contribution in [0.3, 0.4) is 0 Å². The van der Waals surface area contributed by atoms with Crippen molar-refractivity contribution in [1.29, 1.82) is 0 Å². The molecule has 5 rings (SSSR count). The summed E-state index contributed by atoms with van der Waals surface area (Å²) in [6.45, 7) is 7.57. The number of cyclic esters (lactones) is 1. The zero-order valence-corrected chi connectivity index (χ0v) is 27.0. The minimum Gasteiger partial charge on any atom is -0.496 e. The highest BCUT2D eigenvalue weighted by Gasteiger charge is 2.44. The zero-order chi connectivity index (χ0) is 35.3. The van der Waals surface area contributed by atoms with E-state index in [0.29, 0.717) is 30.7 Å². The van der Waals surface area contributed by atoms with E-state index in [1.165, 1.54) is 18.1 Å². The number of carbonyl (C=O) groups excluding carboxylic acids is 1. The lowest BCUT2D eigenvalue weighted by Gasteiger charge is -2.36. The van der Waals surface area contributed by atoms with E-state index in [1.54, 1.807) is 19.1 Å². The number of ether oxygens (including phenoxy) is 2. The molecule has 3 aromatic carbocycles. The second kappa shape index (κ2) is 12.5. The highest BCUT2D eigenvalue weighted by molar-refractivity contribution is 5.89. The second-order valence-corrected chi connectivity index (χ2v) is 13.2. The fourth-order valence-corrected chi connectivity index (χ4v) is 6.63. The third-order valence-corrected chi connectivity index (χ3v) is 9.17. The molecule has 1 fully saturated rings. The molecule has 1 heterocycles. The molecule has 0 saturated carbocycles. The third-order valence-electron chi connectivity index (χ3n) is 9.17. The lowest BCUT2D eigenvalue weighted by molar-refractivity contribution is -0.143. The Labute approximate surface area is 274 Å². The number of halogens is 6. The zero-order valence-electron chi connectivity index (χ0n) is 27.0. The minimum atomic E-state index is -5.04. The van der Waals surface area contributed by atoms with Crippen LogP contribution in [0.15, 0.2) is 60.2 Å². The maximum absolute atomic E-state index is 13.6. The van der Waals surface area contributed by atoms with Crippen LogP contribution >= 0.6 is 0 Å². The van der Waals surface area contributed by atoms with Gasteiger partial charge in [-0.1, -0.05) is 26.0 Å². The molecular formula is C36H35F6NO5. The number of carbonyl (C=O) groups is 2. The van der Waals surface area contributed by atoms with E-state index in [2.05, 4.69) is 13.8 Å². The number of hydrogen-bond donors (Lipinski definition) is 1. The van der Waals surface area contributed by atoms with Gasteiger partial charge in [0.05, 0.1) is 29.8 Å².